The number of nitrogens with zero attached hydrogens (tertiary/aromatic N) is 3. The van der Waals surface area contributed by atoms with Crippen molar-refractivity contribution < 1.29 is 8.42 Å². The Kier molecular flexibility index (Phi) is 4.84. The minimum absolute atomic E-state index is 0.0165. The van der Waals surface area contributed by atoms with Gasteiger partial charge in [-0.1, -0.05) is 6.42 Å². The lowest BCUT2D eigenvalue weighted by molar-refractivity contribution is 0.237. The highest BCUT2D eigenvalue weighted by atomic mass is 32.2. The lowest BCUT2D eigenvalue weighted by atomic mass is 10.1. The molecule has 0 aliphatic carbocycles. The second-order valence-corrected chi connectivity index (χ2v) is 7.65. The van der Waals surface area contributed by atoms with Gasteiger partial charge in [-0.25, -0.2) is 0 Å². The Hall–Kier alpha value is -0.210. The largest absolute Gasteiger partial charge is 0.329 e. The molecule has 6 nitrogen and oxygen atoms in total. The van der Waals surface area contributed by atoms with E-state index in [0.717, 1.165) is 25.7 Å². The molecule has 2 N–H and O–H groups in total. The normalized spacial score (nSPS) is 31.2. The summed E-state index contributed by atoms with van der Waals surface area (Å²) in [5, 5.41) is 0. The monoisotopic (exact) mass is 290 g/mol. The van der Waals surface area contributed by atoms with E-state index in [0.29, 0.717) is 32.2 Å². The van der Waals surface area contributed by atoms with Crippen molar-refractivity contribution >= 4 is 10.2 Å². The van der Waals surface area contributed by atoms with Crippen LogP contribution in [0.5, 0.6) is 0 Å². The fourth-order valence-electron chi connectivity index (χ4n) is 3.00. The molecule has 2 saturated heterocycles. The molecule has 19 heavy (non-hydrogen) atoms. The number of piperidine rings is 1. The average molecular weight is 290 g/mol. The van der Waals surface area contributed by atoms with Gasteiger partial charge < -0.3 is 10.6 Å². The first-order chi connectivity index (χ1) is 8.96. The smallest absolute Gasteiger partial charge is 0.282 e. The van der Waals surface area contributed by atoms with Crippen LogP contribution in [-0.2, 0) is 10.2 Å². The summed E-state index contributed by atoms with van der Waals surface area (Å²) in [7, 11) is 0.679. The van der Waals surface area contributed by atoms with Gasteiger partial charge in [-0.05, 0) is 33.4 Å². The summed E-state index contributed by atoms with van der Waals surface area (Å²) >= 11 is 0. The Morgan fingerprint density at radius 1 is 1.21 bits per heavy atom. The zero-order chi connectivity index (χ0) is 14.0. The Balaban J connectivity index is 2.09. The Morgan fingerprint density at radius 2 is 1.95 bits per heavy atom. The molecule has 7 heteroatoms. The zero-order valence-corrected chi connectivity index (χ0v) is 12.8. The molecule has 2 fully saturated rings. The minimum atomic E-state index is -3.33. The molecule has 0 aromatic carbocycles. The van der Waals surface area contributed by atoms with Crippen molar-refractivity contribution in [3.05, 3.63) is 0 Å². The first-order valence-corrected chi connectivity index (χ1v) is 8.50. The van der Waals surface area contributed by atoms with Crippen molar-refractivity contribution in [3.8, 4) is 0 Å². The van der Waals surface area contributed by atoms with E-state index >= 15 is 0 Å². The summed E-state index contributed by atoms with van der Waals surface area (Å²) < 4.78 is 28.7. The molecule has 2 aliphatic heterocycles. The maximum Gasteiger partial charge on any atom is 0.282 e. The van der Waals surface area contributed by atoms with E-state index in [1.54, 1.807) is 8.61 Å². The predicted octanol–water partition coefficient (Wildman–Crippen LogP) is -0.320. The summed E-state index contributed by atoms with van der Waals surface area (Å²) in [6.45, 7) is 2.26. The van der Waals surface area contributed by atoms with Gasteiger partial charge in [0.2, 0.25) is 0 Å². The standard InChI is InChI=1S/C12H26N4O2S/c1-14(2)12-6-8-15(10-12)19(17,18)16-7-4-3-5-11(16)9-13/h11-12H,3-10,13H2,1-2H3. The molecule has 2 rings (SSSR count). The van der Waals surface area contributed by atoms with Crippen LogP contribution in [0.3, 0.4) is 0 Å². The van der Waals surface area contributed by atoms with Crippen molar-refractivity contribution in [3.63, 3.8) is 0 Å². The quantitative estimate of drug-likeness (QED) is 0.770. The topological polar surface area (TPSA) is 69.9 Å². The third-order valence-corrected chi connectivity index (χ3v) is 6.38. The van der Waals surface area contributed by atoms with Gasteiger partial charge in [-0.3, -0.25) is 0 Å². The highest BCUT2D eigenvalue weighted by molar-refractivity contribution is 7.86. The van der Waals surface area contributed by atoms with Gasteiger partial charge in [0.1, 0.15) is 0 Å². The van der Waals surface area contributed by atoms with Crippen molar-refractivity contribution in [1.29, 1.82) is 0 Å². The molecule has 0 radical (unpaired) electrons. The average Bonchev–Trinajstić information content (AvgIpc) is 2.89. The van der Waals surface area contributed by atoms with Crippen LogP contribution in [0.25, 0.3) is 0 Å². The Morgan fingerprint density at radius 3 is 2.53 bits per heavy atom. The van der Waals surface area contributed by atoms with Gasteiger partial charge in [0.25, 0.3) is 10.2 Å². The Labute approximate surface area is 116 Å². The number of likely N-dealkylation sites (N-methyl/N-ethyl adjacent to an activating group) is 1. The van der Waals surface area contributed by atoms with Gasteiger partial charge in [0.05, 0.1) is 0 Å². The van der Waals surface area contributed by atoms with Crippen LogP contribution < -0.4 is 5.73 Å². The summed E-state index contributed by atoms with van der Waals surface area (Å²) in [6.07, 6.45) is 3.82. The van der Waals surface area contributed by atoms with E-state index in [4.69, 9.17) is 5.73 Å². The molecule has 0 aromatic heterocycles. The molecule has 0 aromatic rings. The van der Waals surface area contributed by atoms with Crippen LogP contribution in [0.15, 0.2) is 0 Å². The molecular formula is C12H26N4O2S. The minimum Gasteiger partial charge on any atom is -0.329 e. The molecule has 2 heterocycles. The van der Waals surface area contributed by atoms with Crippen molar-refractivity contribution in [2.24, 2.45) is 5.73 Å². The highest BCUT2D eigenvalue weighted by Gasteiger charge is 2.39. The molecule has 0 spiro atoms. The van der Waals surface area contributed by atoms with Crippen LogP contribution in [0.1, 0.15) is 25.7 Å². The van der Waals surface area contributed by atoms with Gasteiger partial charge in [-0.2, -0.15) is 17.0 Å². The lowest BCUT2D eigenvalue weighted by Gasteiger charge is -2.36. The molecular weight excluding hydrogens is 264 g/mol. The Bertz CT molecular complexity index is 399. The van der Waals surface area contributed by atoms with Gasteiger partial charge in [-0.15, -0.1) is 0 Å². The molecule has 0 bridgehead atoms. The van der Waals surface area contributed by atoms with E-state index < -0.39 is 10.2 Å². The molecule has 0 amide bonds. The second-order valence-electron chi connectivity index (χ2n) is 5.77. The summed E-state index contributed by atoms with van der Waals surface area (Å²) in [5.41, 5.74) is 5.73. The number of hydrogen-bond acceptors (Lipinski definition) is 4. The predicted molar refractivity (Wildman–Crippen MR) is 76.0 cm³/mol. The summed E-state index contributed by atoms with van der Waals surface area (Å²) in [5.74, 6) is 0. The van der Waals surface area contributed by atoms with E-state index in [-0.39, 0.29) is 6.04 Å². The van der Waals surface area contributed by atoms with E-state index in [1.165, 1.54) is 0 Å². The van der Waals surface area contributed by atoms with Gasteiger partial charge in [0, 0.05) is 38.3 Å². The van der Waals surface area contributed by atoms with Crippen LogP contribution in [0, 0.1) is 0 Å². The van der Waals surface area contributed by atoms with E-state index in [2.05, 4.69) is 4.90 Å². The van der Waals surface area contributed by atoms with Crippen LogP contribution in [0.2, 0.25) is 0 Å². The maximum absolute atomic E-state index is 12.7. The second kappa shape index (κ2) is 6.05. The third-order valence-electron chi connectivity index (χ3n) is 4.32. The number of nitrogens with two attached hydrogens (primary N) is 1. The number of rotatable bonds is 4. The molecule has 2 aliphatic rings. The zero-order valence-electron chi connectivity index (χ0n) is 12.0. The first kappa shape index (κ1) is 15.2. The molecule has 0 saturated carbocycles. The van der Waals surface area contributed by atoms with Gasteiger partial charge >= 0.3 is 0 Å². The van der Waals surface area contributed by atoms with Crippen molar-refractivity contribution in [1.82, 2.24) is 13.5 Å². The van der Waals surface area contributed by atoms with Crippen molar-refractivity contribution in [2.45, 2.75) is 37.8 Å². The molecule has 2 unspecified atom stereocenters. The van der Waals surface area contributed by atoms with Crippen molar-refractivity contribution in [2.75, 3.05) is 40.3 Å². The lowest BCUT2D eigenvalue weighted by Crippen LogP contribution is -2.52. The van der Waals surface area contributed by atoms with Gasteiger partial charge in [0.15, 0.2) is 0 Å². The number of hydrogen-bond donors (Lipinski definition) is 1. The SMILES string of the molecule is CN(C)C1CCN(S(=O)(=O)N2CCCCC2CN)C1. The van der Waals surface area contributed by atoms with Crippen LogP contribution in [-0.4, -0.2) is 74.3 Å². The molecule has 2 atom stereocenters. The maximum atomic E-state index is 12.7. The van der Waals surface area contributed by atoms with E-state index in [1.807, 2.05) is 14.1 Å². The third kappa shape index (κ3) is 3.11. The highest BCUT2D eigenvalue weighted by Crippen LogP contribution is 2.25. The molecule has 112 valence electrons. The van der Waals surface area contributed by atoms with Crippen LogP contribution in [0.4, 0.5) is 0 Å². The summed E-state index contributed by atoms with van der Waals surface area (Å²) in [6, 6.07) is 0.313. The van der Waals surface area contributed by atoms with E-state index in [9.17, 15) is 8.42 Å². The fourth-order valence-corrected chi connectivity index (χ4v) is 4.92. The fraction of sp³-hybridized carbons (Fsp3) is 1.00. The first-order valence-electron chi connectivity index (χ1n) is 7.10. The van der Waals surface area contributed by atoms with Crippen LogP contribution >= 0.6 is 0 Å². The summed E-state index contributed by atoms with van der Waals surface area (Å²) in [4.78, 5) is 2.10.